The molecule has 0 amide bonds. The zero-order valence-electron chi connectivity index (χ0n) is 7.57. The highest BCUT2D eigenvalue weighted by atomic mass is 79.9. The number of anilines is 1. The smallest absolute Gasteiger partial charge is 0.225 e. The van der Waals surface area contributed by atoms with Gasteiger partial charge in [-0.25, -0.2) is 9.97 Å². The Morgan fingerprint density at radius 2 is 2.08 bits per heavy atom. The van der Waals surface area contributed by atoms with Crippen LogP contribution in [0.3, 0.4) is 0 Å². The van der Waals surface area contributed by atoms with Gasteiger partial charge in [0.25, 0.3) is 0 Å². The first-order chi connectivity index (χ1) is 6.27. The zero-order chi connectivity index (χ0) is 9.68. The number of hydrogen-bond donors (Lipinski definition) is 1. The Morgan fingerprint density at radius 3 is 2.54 bits per heavy atom. The molecule has 0 aromatic carbocycles. The van der Waals surface area contributed by atoms with Gasteiger partial charge < -0.3 is 10.6 Å². The molecule has 1 aromatic heterocycles. The molecule has 0 atom stereocenters. The summed E-state index contributed by atoms with van der Waals surface area (Å²) in [6.45, 7) is 4.34. The van der Waals surface area contributed by atoms with Crippen LogP contribution in [0.2, 0.25) is 0 Å². The van der Waals surface area contributed by atoms with Crippen molar-refractivity contribution in [3.05, 3.63) is 16.9 Å². The highest BCUT2D eigenvalue weighted by Crippen LogP contribution is 2.09. The molecule has 0 aliphatic carbocycles. The number of hydrogen-bond acceptors (Lipinski definition) is 4. The summed E-state index contributed by atoms with van der Waals surface area (Å²) in [6, 6.07) is 0. The molecule has 0 aliphatic heterocycles. The lowest BCUT2D eigenvalue weighted by molar-refractivity contribution is 0.782. The summed E-state index contributed by atoms with van der Waals surface area (Å²) in [6.07, 6.45) is 3.48. The van der Waals surface area contributed by atoms with Gasteiger partial charge in [0, 0.05) is 32.0 Å². The van der Waals surface area contributed by atoms with Crippen molar-refractivity contribution in [2.24, 2.45) is 5.73 Å². The fraction of sp³-hybridized carbons (Fsp3) is 0.500. The van der Waals surface area contributed by atoms with Crippen LogP contribution < -0.4 is 10.6 Å². The van der Waals surface area contributed by atoms with E-state index in [2.05, 4.69) is 32.8 Å². The lowest BCUT2D eigenvalue weighted by atomic mass is 10.5. The minimum atomic E-state index is 0.618. The Labute approximate surface area is 86.3 Å². The molecule has 0 saturated carbocycles. The molecule has 1 heterocycles. The summed E-state index contributed by atoms with van der Waals surface area (Å²) in [5.74, 6) is 0.733. The van der Waals surface area contributed by atoms with Crippen molar-refractivity contribution in [3.8, 4) is 0 Å². The fourth-order valence-corrected chi connectivity index (χ4v) is 1.23. The van der Waals surface area contributed by atoms with Crippen LogP contribution in [0.15, 0.2) is 16.9 Å². The van der Waals surface area contributed by atoms with Crippen molar-refractivity contribution in [3.63, 3.8) is 0 Å². The second-order valence-corrected chi connectivity index (χ2v) is 3.49. The van der Waals surface area contributed by atoms with Crippen molar-refractivity contribution in [2.75, 3.05) is 24.5 Å². The van der Waals surface area contributed by atoms with Crippen molar-refractivity contribution >= 4 is 21.9 Å². The predicted octanol–water partition coefficient (Wildman–Crippen LogP) is 1.02. The Morgan fingerprint density at radius 1 is 1.46 bits per heavy atom. The molecule has 0 fully saturated rings. The number of nitrogens with two attached hydrogens (primary N) is 1. The van der Waals surface area contributed by atoms with Crippen LogP contribution in [0.5, 0.6) is 0 Å². The maximum absolute atomic E-state index is 5.47. The molecule has 2 N–H and O–H groups in total. The minimum absolute atomic E-state index is 0.618. The second kappa shape index (κ2) is 5.14. The molecule has 1 aromatic rings. The Bertz CT molecular complexity index is 249. The number of likely N-dealkylation sites (N-methyl/N-ethyl adjacent to an activating group) is 1. The predicted molar refractivity (Wildman–Crippen MR) is 56.7 cm³/mol. The fourth-order valence-electron chi connectivity index (χ4n) is 1.02. The lowest BCUT2D eigenvalue weighted by Gasteiger charge is -2.19. The zero-order valence-corrected chi connectivity index (χ0v) is 9.16. The topological polar surface area (TPSA) is 55.0 Å². The van der Waals surface area contributed by atoms with E-state index in [1.807, 2.05) is 4.90 Å². The third-order valence-electron chi connectivity index (χ3n) is 1.67. The third-order valence-corrected chi connectivity index (χ3v) is 2.08. The summed E-state index contributed by atoms with van der Waals surface area (Å²) < 4.78 is 0.889. The van der Waals surface area contributed by atoms with Gasteiger partial charge >= 0.3 is 0 Å². The molecule has 0 aliphatic rings. The van der Waals surface area contributed by atoms with Gasteiger partial charge in [-0.3, -0.25) is 0 Å². The first kappa shape index (κ1) is 10.4. The molecule has 4 nitrogen and oxygen atoms in total. The SMILES string of the molecule is CCN(CCN)c1ncc(Br)cn1. The standard InChI is InChI=1S/C8H13BrN4/c1-2-13(4-3-10)8-11-5-7(9)6-12-8/h5-6H,2-4,10H2,1H3. The van der Waals surface area contributed by atoms with E-state index in [1.54, 1.807) is 12.4 Å². The summed E-state index contributed by atoms with van der Waals surface area (Å²) in [5.41, 5.74) is 5.47. The van der Waals surface area contributed by atoms with E-state index >= 15 is 0 Å². The molecule has 0 saturated heterocycles. The van der Waals surface area contributed by atoms with Gasteiger partial charge in [-0.1, -0.05) is 0 Å². The average molecular weight is 245 g/mol. The molecule has 0 bridgehead atoms. The molecule has 13 heavy (non-hydrogen) atoms. The highest BCUT2D eigenvalue weighted by Gasteiger charge is 2.04. The molecular formula is C8H13BrN4. The van der Waals surface area contributed by atoms with Crippen LogP contribution in [-0.2, 0) is 0 Å². The summed E-state index contributed by atoms with van der Waals surface area (Å²) in [7, 11) is 0. The van der Waals surface area contributed by atoms with Crippen LogP contribution >= 0.6 is 15.9 Å². The summed E-state index contributed by atoms with van der Waals surface area (Å²) in [4.78, 5) is 10.4. The Hall–Kier alpha value is -0.680. The lowest BCUT2D eigenvalue weighted by Crippen LogP contribution is -2.30. The van der Waals surface area contributed by atoms with Crippen LogP contribution in [0, 0.1) is 0 Å². The van der Waals surface area contributed by atoms with Gasteiger partial charge in [-0.05, 0) is 22.9 Å². The van der Waals surface area contributed by atoms with E-state index in [0.717, 1.165) is 23.5 Å². The average Bonchev–Trinajstić information content (AvgIpc) is 2.16. The van der Waals surface area contributed by atoms with E-state index in [-0.39, 0.29) is 0 Å². The molecule has 0 radical (unpaired) electrons. The van der Waals surface area contributed by atoms with Gasteiger partial charge in [0.1, 0.15) is 0 Å². The van der Waals surface area contributed by atoms with Gasteiger partial charge in [-0.2, -0.15) is 0 Å². The largest absolute Gasteiger partial charge is 0.340 e. The monoisotopic (exact) mass is 244 g/mol. The first-order valence-corrected chi connectivity index (χ1v) is 4.99. The molecule has 0 spiro atoms. The normalized spacial score (nSPS) is 10.1. The van der Waals surface area contributed by atoms with Crippen molar-refractivity contribution in [2.45, 2.75) is 6.92 Å². The van der Waals surface area contributed by atoms with E-state index in [4.69, 9.17) is 5.73 Å². The van der Waals surface area contributed by atoms with E-state index in [9.17, 15) is 0 Å². The molecule has 0 unspecified atom stereocenters. The van der Waals surface area contributed by atoms with E-state index in [1.165, 1.54) is 0 Å². The van der Waals surface area contributed by atoms with Crippen molar-refractivity contribution in [1.29, 1.82) is 0 Å². The molecule has 72 valence electrons. The van der Waals surface area contributed by atoms with Gasteiger partial charge in [0.05, 0.1) is 4.47 Å². The molecular weight excluding hydrogens is 232 g/mol. The number of nitrogens with zero attached hydrogens (tertiary/aromatic N) is 3. The number of halogens is 1. The van der Waals surface area contributed by atoms with Crippen LogP contribution in [0.4, 0.5) is 5.95 Å². The first-order valence-electron chi connectivity index (χ1n) is 4.20. The van der Waals surface area contributed by atoms with Gasteiger partial charge in [0.15, 0.2) is 0 Å². The maximum atomic E-state index is 5.47. The molecule has 1 rings (SSSR count). The van der Waals surface area contributed by atoms with E-state index < -0.39 is 0 Å². The van der Waals surface area contributed by atoms with Gasteiger partial charge in [-0.15, -0.1) is 0 Å². The van der Waals surface area contributed by atoms with Crippen molar-refractivity contribution < 1.29 is 0 Å². The van der Waals surface area contributed by atoms with Gasteiger partial charge in [0.2, 0.25) is 5.95 Å². The summed E-state index contributed by atoms with van der Waals surface area (Å²) >= 11 is 3.29. The summed E-state index contributed by atoms with van der Waals surface area (Å²) in [5, 5.41) is 0. The third kappa shape index (κ3) is 2.93. The van der Waals surface area contributed by atoms with Crippen LogP contribution in [0.1, 0.15) is 6.92 Å². The Balaban J connectivity index is 2.73. The maximum Gasteiger partial charge on any atom is 0.225 e. The Kier molecular flexibility index (Phi) is 4.11. The van der Waals surface area contributed by atoms with Crippen molar-refractivity contribution in [1.82, 2.24) is 9.97 Å². The number of aromatic nitrogens is 2. The molecule has 5 heteroatoms. The van der Waals surface area contributed by atoms with Crippen LogP contribution in [0.25, 0.3) is 0 Å². The van der Waals surface area contributed by atoms with Crippen LogP contribution in [-0.4, -0.2) is 29.6 Å². The highest BCUT2D eigenvalue weighted by molar-refractivity contribution is 9.10. The van der Waals surface area contributed by atoms with E-state index in [0.29, 0.717) is 6.54 Å². The number of rotatable bonds is 4. The minimum Gasteiger partial charge on any atom is -0.340 e. The quantitative estimate of drug-likeness (QED) is 0.860. The second-order valence-electron chi connectivity index (χ2n) is 2.57.